The highest BCUT2D eigenvalue weighted by atomic mass is 16.5. The summed E-state index contributed by atoms with van der Waals surface area (Å²) in [4.78, 5) is 9.19. The first-order valence-corrected chi connectivity index (χ1v) is 6.96. The summed E-state index contributed by atoms with van der Waals surface area (Å²) in [6.07, 6.45) is 6.90. The van der Waals surface area contributed by atoms with Crippen LogP contribution in [0, 0.1) is 6.92 Å². The molecule has 1 N–H and O–H groups in total. The van der Waals surface area contributed by atoms with Gasteiger partial charge in [0.15, 0.2) is 0 Å². The first-order valence-electron chi connectivity index (χ1n) is 6.96. The molecular formula is C14H21N3O. The van der Waals surface area contributed by atoms with Crippen molar-refractivity contribution in [3.63, 3.8) is 0 Å². The molecular weight excluding hydrogens is 226 g/mol. The smallest absolute Gasteiger partial charge is 0.133 e. The van der Waals surface area contributed by atoms with Gasteiger partial charge in [-0.15, -0.1) is 0 Å². The van der Waals surface area contributed by atoms with Gasteiger partial charge in [-0.25, -0.2) is 9.97 Å². The van der Waals surface area contributed by atoms with E-state index >= 15 is 0 Å². The average molecular weight is 247 g/mol. The van der Waals surface area contributed by atoms with Crippen molar-refractivity contribution >= 4 is 0 Å². The minimum atomic E-state index is 0.392. The molecule has 0 spiro atoms. The number of hydrogen-bond acceptors (Lipinski definition) is 4. The van der Waals surface area contributed by atoms with Crippen molar-refractivity contribution in [2.24, 2.45) is 0 Å². The molecule has 1 unspecified atom stereocenters. The van der Waals surface area contributed by atoms with Crippen LogP contribution in [0.5, 0.6) is 0 Å². The predicted molar refractivity (Wildman–Crippen MR) is 69.4 cm³/mol. The summed E-state index contributed by atoms with van der Waals surface area (Å²) >= 11 is 0. The molecule has 2 fully saturated rings. The fourth-order valence-electron chi connectivity index (χ4n) is 2.37. The van der Waals surface area contributed by atoms with Gasteiger partial charge in [-0.1, -0.05) is 0 Å². The van der Waals surface area contributed by atoms with Gasteiger partial charge in [0.05, 0.1) is 6.61 Å². The van der Waals surface area contributed by atoms with Gasteiger partial charge in [-0.2, -0.15) is 0 Å². The Morgan fingerprint density at radius 2 is 2.28 bits per heavy atom. The Kier molecular flexibility index (Phi) is 3.57. The van der Waals surface area contributed by atoms with Gasteiger partial charge in [0.1, 0.15) is 5.82 Å². The van der Waals surface area contributed by atoms with E-state index < -0.39 is 0 Å². The topological polar surface area (TPSA) is 47.0 Å². The summed E-state index contributed by atoms with van der Waals surface area (Å²) in [7, 11) is 0. The monoisotopic (exact) mass is 247 g/mol. The first-order chi connectivity index (χ1) is 8.83. The van der Waals surface area contributed by atoms with Crippen LogP contribution in [0.2, 0.25) is 0 Å². The molecule has 0 radical (unpaired) electrons. The van der Waals surface area contributed by atoms with Gasteiger partial charge >= 0.3 is 0 Å². The lowest BCUT2D eigenvalue weighted by Crippen LogP contribution is -2.20. The van der Waals surface area contributed by atoms with Gasteiger partial charge in [-0.3, -0.25) is 0 Å². The van der Waals surface area contributed by atoms with E-state index in [-0.39, 0.29) is 0 Å². The lowest BCUT2D eigenvalue weighted by molar-refractivity contribution is 0.0780. The van der Waals surface area contributed by atoms with Crippen LogP contribution in [0.15, 0.2) is 6.20 Å². The summed E-state index contributed by atoms with van der Waals surface area (Å²) in [6.45, 7) is 4.65. The van der Waals surface area contributed by atoms with E-state index in [1.54, 1.807) is 0 Å². The van der Waals surface area contributed by atoms with Crippen molar-refractivity contribution in [1.82, 2.24) is 15.3 Å². The molecule has 2 heterocycles. The second-order valence-corrected chi connectivity index (χ2v) is 5.41. The zero-order chi connectivity index (χ0) is 12.4. The van der Waals surface area contributed by atoms with Gasteiger partial charge in [0.25, 0.3) is 0 Å². The van der Waals surface area contributed by atoms with Crippen LogP contribution in [0.4, 0.5) is 0 Å². The Morgan fingerprint density at radius 3 is 2.94 bits per heavy atom. The normalized spacial score (nSPS) is 24.2. The molecule has 0 amide bonds. The molecule has 1 saturated heterocycles. The van der Waals surface area contributed by atoms with Gasteiger partial charge in [0, 0.05) is 42.6 Å². The highest BCUT2D eigenvalue weighted by Crippen LogP contribution is 2.23. The Bertz CT molecular complexity index is 412. The number of ether oxygens (including phenoxy) is 1. The first kappa shape index (κ1) is 12.1. The number of aromatic nitrogens is 2. The van der Waals surface area contributed by atoms with Crippen LogP contribution in [0.1, 0.15) is 48.7 Å². The third-order valence-corrected chi connectivity index (χ3v) is 3.78. The number of aryl methyl sites for hydroxylation is 1. The van der Waals surface area contributed by atoms with Crippen LogP contribution < -0.4 is 5.32 Å². The maximum atomic E-state index is 5.50. The number of nitrogens with one attached hydrogen (secondary N) is 1. The molecule has 98 valence electrons. The molecule has 1 aromatic heterocycles. The summed E-state index contributed by atoms with van der Waals surface area (Å²) in [5.74, 6) is 1.35. The van der Waals surface area contributed by atoms with Crippen LogP contribution in [0.3, 0.4) is 0 Å². The second-order valence-electron chi connectivity index (χ2n) is 5.41. The zero-order valence-corrected chi connectivity index (χ0v) is 11.0. The van der Waals surface area contributed by atoms with Crippen molar-refractivity contribution in [3.05, 3.63) is 23.3 Å². The van der Waals surface area contributed by atoms with Crippen molar-refractivity contribution in [2.45, 2.75) is 51.1 Å². The Labute approximate surface area is 108 Å². The molecule has 4 nitrogen and oxygen atoms in total. The molecule has 1 aromatic rings. The number of nitrogens with zero attached hydrogens (tertiary/aromatic N) is 2. The lowest BCUT2D eigenvalue weighted by Gasteiger charge is -2.21. The highest BCUT2D eigenvalue weighted by Gasteiger charge is 2.22. The maximum absolute atomic E-state index is 5.50. The standard InChI is InChI=1S/C14H21N3O/c1-10-12(7-15-13-4-5-13)8-16-14(17-10)11-3-2-6-18-9-11/h8,11,13,15H,2-7,9H2,1H3. The van der Waals surface area contributed by atoms with Crippen molar-refractivity contribution in [1.29, 1.82) is 0 Å². The fourth-order valence-corrected chi connectivity index (χ4v) is 2.37. The van der Waals surface area contributed by atoms with Gasteiger partial charge < -0.3 is 10.1 Å². The average Bonchev–Trinajstić information content (AvgIpc) is 3.22. The Balaban J connectivity index is 1.66. The third kappa shape index (κ3) is 2.87. The largest absolute Gasteiger partial charge is 0.381 e. The van der Waals surface area contributed by atoms with Crippen molar-refractivity contribution in [2.75, 3.05) is 13.2 Å². The Morgan fingerprint density at radius 1 is 1.39 bits per heavy atom. The molecule has 1 atom stereocenters. The van der Waals surface area contributed by atoms with E-state index in [1.807, 2.05) is 6.20 Å². The Hall–Kier alpha value is -1.00. The van der Waals surface area contributed by atoms with E-state index in [0.29, 0.717) is 5.92 Å². The molecule has 2 aliphatic rings. The predicted octanol–water partition coefficient (Wildman–Crippen LogP) is 1.93. The molecule has 1 aliphatic carbocycles. The minimum absolute atomic E-state index is 0.392. The van der Waals surface area contributed by atoms with Crippen molar-refractivity contribution in [3.8, 4) is 0 Å². The van der Waals surface area contributed by atoms with Crippen LogP contribution in [-0.4, -0.2) is 29.2 Å². The van der Waals surface area contributed by atoms with Crippen LogP contribution in [-0.2, 0) is 11.3 Å². The van der Waals surface area contributed by atoms with E-state index in [4.69, 9.17) is 4.74 Å². The van der Waals surface area contributed by atoms with Gasteiger partial charge in [0.2, 0.25) is 0 Å². The van der Waals surface area contributed by atoms with Gasteiger partial charge in [-0.05, 0) is 32.6 Å². The summed E-state index contributed by atoms with van der Waals surface area (Å²) in [5.41, 5.74) is 2.33. The second kappa shape index (κ2) is 5.33. The van der Waals surface area contributed by atoms with Crippen molar-refractivity contribution < 1.29 is 4.74 Å². The lowest BCUT2D eigenvalue weighted by atomic mass is 10.0. The molecule has 0 aromatic carbocycles. The van der Waals surface area contributed by atoms with E-state index in [1.165, 1.54) is 18.4 Å². The fraction of sp³-hybridized carbons (Fsp3) is 0.714. The summed E-state index contributed by atoms with van der Waals surface area (Å²) in [6, 6.07) is 0.732. The number of rotatable bonds is 4. The summed E-state index contributed by atoms with van der Waals surface area (Å²) in [5, 5.41) is 3.51. The van der Waals surface area contributed by atoms with Crippen LogP contribution in [0.25, 0.3) is 0 Å². The number of hydrogen-bond donors (Lipinski definition) is 1. The zero-order valence-electron chi connectivity index (χ0n) is 11.0. The van der Waals surface area contributed by atoms with E-state index in [2.05, 4.69) is 22.2 Å². The highest BCUT2D eigenvalue weighted by molar-refractivity contribution is 5.17. The molecule has 0 bridgehead atoms. The minimum Gasteiger partial charge on any atom is -0.381 e. The van der Waals surface area contributed by atoms with Crippen LogP contribution >= 0.6 is 0 Å². The summed E-state index contributed by atoms with van der Waals surface area (Å²) < 4.78 is 5.50. The molecule has 4 heteroatoms. The third-order valence-electron chi connectivity index (χ3n) is 3.78. The van der Waals surface area contributed by atoms with E-state index in [9.17, 15) is 0 Å². The molecule has 18 heavy (non-hydrogen) atoms. The molecule has 1 aliphatic heterocycles. The quantitative estimate of drug-likeness (QED) is 0.883. The maximum Gasteiger partial charge on any atom is 0.133 e. The SMILES string of the molecule is Cc1nc(C2CCCOC2)ncc1CNC1CC1. The van der Waals surface area contributed by atoms with E-state index in [0.717, 1.165) is 50.2 Å². The molecule has 3 rings (SSSR count). The molecule has 1 saturated carbocycles.